The SMILES string of the molecule is C=CS(=O)(=O)CC(=O)C=CC(=O)CS(=O)(=O)C=C. The average Bonchev–Trinajstić information content (AvgIpc) is 2.25. The topological polar surface area (TPSA) is 102 Å². The second kappa shape index (κ2) is 6.41. The minimum absolute atomic E-state index is 0.628. The van der Waals surface area contributed by atoms with E-state index in [0.29, 0.717) is 10.8 Å². The standard InChI is InChI=1S/C10H12O6S2/c1-3-17(13,14)7-9(11)5-6-10(12)8-18(15,16)4-2/h3-6H,1-2,7-8H2. The zero-order chi connectivity index (χ0) is 14.4. The molecule has 18 heavy (non-hydrogen) atoms. The summed E-state index contributed by atoms with van der Waals surface area (Å²) in [5.41, 5.74) is 0. The van der Waals surface area contributed by atoms with Crippen molar-refractivity contribution in [3.05, 3.63) is 36.1 Å². The van der Waals surface area contributed by atoms with Gasteiger partial charge in [0.1, 0.15) is 11.5 Å². The molecule has 0 atom stereocenters. The van der Waals surface area contributed by atoms with E-state index in [0.717, 1.165) is 12.2 Å². The number of sulfone groups is 2. The summed E-state index contributed by atoms with van der Waals surface area (Å²) >= 11 is 0. The monoisotopic (exact) mass is 292 g/mol. The molecule has 0 bridgehead atoms. The van der Waals surface area contributed by atoms with Gasteiger partial charge < -0.3 is 0 Å². The molecule has 0 aromatic carbocycles. The minimum atomic E-state index is -3.69. The van der Waals surface area contributed by atoms with E-state index in [9.17, 15) is 26.4 Å². The van der Waals surface area contributed by atoms with E-state index in [1.54, 1.807) is 0 Å². The van der Waals surface area contributed by atoms with E-state index in [1.165, 1.54) is 0 Å². The van der Waals surface area contributed by atoms with Gasteiger partial charge in [0.25, 0.3) is 0 Å². The van der Waals surface area contributed by atoms with E-state index in [-0.39, 0.29) is 0 Å². The van der Waals surface area contributed by atoms with Crippen LogP contribution in [0, 0.1) is 0 Å². The summed E-state index contributed by atoms with van der Waals surface area (Å²) in [6.45, 7) is 6.04. The maximum absolute atomic E-state index is 11.1. The lowest BCUT2D eigenvalue weighted by molar-refractivity contribution is -0.114. The lowest BCUT2D eigenvalue weighted by Gasteiger charge is -1.94. The first kappa shape index (κ1) is 16.5. The lowest BCUT2D eigenvalue weighted by Crippen LogP contribution is -2.14. The molecule has 0 spiro atoms. The van der Waals surface area contributed by atoms with Gasteiger partial charge >= 0.3 is 0 Å². The van der Waals surface area contributed by atoms with Crippen molar-refractivity contribution in [1.82, 2.24) is 0 Å². The van der Waals surface area contributed by atoms with Crippen LogP contribution in [-0.2, 0) is 29.3 Å². The number of carbonyl (C=O) groups excluding carboxylic acids is 2. The molecule has 0 aliphatic carbocycles. The Kier molecular flexibility index (Phi) is 5.86. The van der Waals surface area contributed by atoms with Gasteiger partial charge in [-0.05, 0) is 12.2 Å². The van der Waals surface area contributed by atoms with E-state index >= 15 is 0 Å². The van der Waals surface area contributed by atoms with Crippen molar-refractivity contribution in [3.8, 4) is 0 Å². The predicted molar refractivity (Wildman–Crippen MR) is 67.1 cm³/mol. The molecule has 0 rings (SSSR count). The molecule has 0 aliphatic rings. The highest BCUT2D eigenvalue weighted by Gasteiger charge is 2.12. The summed E-state index contributed by atoms with van der Waals surface area (Å²) in [7, 11) is -7.38. The molecule has 0 saturated heterocycles. The number of ketones is 2. The molecule has 0 aromatic rings. The molecule has 8 heteroatoms. The number of hydrogen-bond acceptors (Lipinski definition) is 6. The molecule has 100 valence electrons. The Bertz CT molecular complexity index is 538. The summed E-state index contributed by atoms with van der Waals surface area (Å²) < 4.78 is 43.9. The summed E-state index contributed by atoms with van der Waals surface area (Å²) in [5, 5.41) is 1.26. The van der Waals surface area contributed by atoms with Crippen molar-refractivity contribution >= 4 is 31.2 Å². The highest BCUT2D eigenvalue weighted by atomic mass is 32.2. The predicted octanol–water partition coefficient (Wildman–Crippen LogP) is -0.203. The third-order valence-corrected chi connectivity index (χ3v) is 4.04. The molecular formula is C10H12O6S2. The molecule has 0 heterocycles. The van der Waals surface area contributed by atoms with Crippen LogP contribution in [0.1, 0.15) is 0 Å². The highest BCUT2D eigenvalue weighted by Crippen LogP contribution is 1.95. The summed E-state index contributed by atoms with van der Waals surface area (Å²) in [6, 6.07) is 0. The van der Waals surface area contributed by atoms with Gasteiger partial charge in [-0.2, -0.15) is 0 Å². The van der Waals surface area contributed by atoms with Crippen molar-refractivity contribution in [2.24, 2.45) is 0 Å². The summed E-state index contributed by atoms with van der Waals surface area (Å²) in [4.78, 5) is 22.2. The molecular weight excluding hydrogens is 280 g/mol. The van der Waals surface area contributed by atoms with Gasteiger partial charge in [-0.15, -0.1) is 0 Å². The normalized spacial score (nSPS) is 12.2. The Morgan fingerprint density at radius 1 is 0.778 bits per heavy atom. The third-order valence-electron chi connectivity index (χ3n) is 1.65. The van der Waals surface area contributed by atoms with Crippen molar-refractivity contribution in [1.29, 1.82) is 0 Å². The molecule has 0 aromatic heterocycles. The molecule has 0 fully saturated rings. The Morgan fingerprint density at radius 3 is 1.28 bits per heavy atom. The van der Waals surface area contributed by atoms with Gasteiger partial charge in [0.05, 0.1) is 0 Å². The summed E-state index contributed by atoms with van der Waals surface area (Å²) in [6.07, 6.45) is 1.45. The maximum Gasteiger partial charge on any atom is 0.178 e. The van der Waals surface area contributed by atoms with Crippen LogP contribution in [0.3, 0.4) is 0 Å². The first-order chi connectivity index (χ1) is 8.12. The van der Waals surface area contributed by atoms with Crippen LogP contribution >= 0.6 is 0 Å². The maximum atomic E-state index is 11.1. The van der Waals surface area contributed by atoms with Gasteiger partial charge in [-0.3, -0.25) is 9.59 Å². The minimum Gasteiger partial charge on any atom is -0.294 e. The second-order valence-corrected chi connectivity index (χ2v) is 7.11. The van der Waals surface area contributed by atoms with E-state index in [1.807, 2.05) is 0 Å². The fourth-order valence-corrected chi connectivity index (χ4v) is 2.02. The zero-order valence-electron chi connectivity index (χ0n) is 9.40. The van der Waals surface area contributed by atoms with Gasteiger partial charge in [0, 0.05) is 10.8 Å². The van der Waals surface area contributed by atoms with Crippen LogP contribution in [0.15, 0.2) is 36.1 Å². The van der Waals surface area contributed by atoms with Crippen LogP contribution in [0.5, 0.6) is 0 Å². The van der Waals surface area contributed by atoms with Crippen LogP contribution in [0.25, 0.3) is 0 Å². The number of hydrogen-bond donors (Lipinski definition) is 0. The number of allylic oxidation sites excluding steroid dienone is 2. The Balaban J connectivity index is 4.59. The number of carbonyl (C=O) groups is 2. The summed E-state index contributed by atoms with van der Waals surface area (Å²) in [5.74, 6) is -3.29. The lowest BCUT2D eigenvalue weighted by atomic mass is 10.3. The van der Waals surface area contributed by atoms with Gasteiger partial charge in [0.15, 0.2) is 31.2 Å². The van der Waals surface area contributed by atoms with Crippen LogP contribution in [0.4, 0.5) is 0 Å². The average molecular weight is 292 g/mol. The molecule has 0 aliphatic heterocycles. The second-order valence-electron chi connectivity index (χ2n) is 3.21. The Morgan fingerprint density at radius 2 is 1.06 bits per heavy atom. The quantitative estimate of drug-likeness (QED) is 0.574. The largest absolute Gasteiger partial charge is 0.294 e. The third kappa shape index (κ3) is 6.92. The van der Waals surface area contributed by atoms with Gasteiger partial charge in [-0.25, -0.2) is 16.8 Å². The van der Waals surface area contributed by atoms with Crippen molar-refractivity contribution in [2.45, 2.75) is 0 Å². The molecule has 0 unspecified atom stereocenters. The zero-order valence-corrected chi connectivity index (χ0v) is 11.0. The number of rotatable bonds is 8. The highest BCUT2D eigenvalue weighted by molar-refractivity contribution is 7.95. The molecule has 0 N–H and O–H groups in total. The fourth-order valence-electron chi connectivity index (χ4n) is 0.797. The first-order valence-corrected chi connectivity index (χ1v) is 7.99. The van der Waals surface area contributed by atoms with Crippen molar-refractivity contribution in [3.63, 3.8) is 0 Å². The molecule has 6 nitrogen and oxygen atoms in total. The van der Waals surface area contributed by atoms with E-state index in [2.05, 4.69) is 13.2 Å². The molecule has 0 saturated carbocycles. The van der Waals surface area contributed by atoms with Gasteiger partial charge in [0.2, 0.25) is 0 Å². The first-order valence-electron chi connectivity index (χ1n) is 4.56. The Labute approximate surface area is 106 Å². The van der Waals surface area contributed by atoms with E-state index < -0.39 is 42.7 Å². The molecule has 0 amide bonds. The van der Waals surface area contributed by atoms with Crippen LogP contribution < -0.4 is 0 Å². The van der Waals surface area contributed by atoms with Crippen molar-refractivity contribution < 1.29 is 26.4 Å². The van der Waals surface area contributed by atoms with Crippen LogP contribution in [-0.4, -0.2) is 39.9 Å². The smallest absolute Gasteiger partial charge is 0.178 e. The Hall–Kier alpha value is -1.54. The van der Waals surface area contributed by atoms with Crippen molar-refractivity contribution in [2.75, 3.05) is 11.5 Å². The fraction of sp³-hybridized carbons (Fsp3) is 0.200. The van der Waals surface area contributed by atoms with Gasteiger partial charge in [-0.1, -0.05) is 13.2 Å². The van der Waals surface area contributed by atoms with E-state index in [4.69, 9.17) is 0 Å². The molecule has 0 radical (unpaired) electrons. The van der Waals surface area contributed by atoms with Crippen LogP contribution in [0.2, 0.25) is 0 Å².